The fraction of sp³-hybridized carbons (Fsp3) is 0.286. The van der Waals surface area contributed by atoms with E-state index in [9.17, 15) is 26.3 Å². The van der Waals surface area contributed by atoms with Crippen LogP contribution in [0.1, 0.15) is 60.3 Å². The molecule has 10 heteroatoms. The summed E-state index contributed by atoms with van der Waals surface area (Å²) in [6.45, 7) is 6.32. The Labute approximate surface area is 257 Å². The van der Waals surface area contributed by atoms with Crippen molar-refractivity contribution in [2.45, 2.75) is 58.8 Å². The maximum atomic E-state index is 13.9. The highest BCUT2D eigenvalue weighted by molar-refractivity contribution is 5.78. The minimum atomic E-state index is -4.78. The zero-order valence-corrected chi connectivity index (χ0v) is 24.9. The molecule has 5 aromatic rings. The zero-order valence-electron chi connectivity index (χ0n) is 24.9. The van der Waals surface area contributed by atoms with Crippen molar-refractivity contribution in [3.8, 4) is 11.5 Å². The highest BCUT2D eigenvalue weighted by atomic mass is 19.4. The Morgan fingerprint density at radius 3 is 2.04 bits per heavy atom. The molecule has 0 aliphatic rings. The van der Waals surface area contributed by atoms with Gasteiger partial charge in [0.05, 0.1) is 16.6 Å². The summed E-state index contributed by atoms with van der Waals surface area (Å²) in [4.78, 5) is 4.89. The maximum Gasteiger partial charge on any atom is 0.573 e. The number of imidazole rings is 1. The summed E-state index contributed by atoms with van der Waals surface area (Å²) in [5.41, 5.74) is 3.43. The van der Waals surface area contributed by atoms with Crippen molar-refractivity contribution in [1.29, 1.82) is 0 Å². The largest absolute Gasteiger partial charge is 0.573 e. The van der Waals surface area contributed by atoms with E-state index in [0.717, 1.165) is 18.1 Å². The zero-order chi connectivity index (χ0) is 32.4. The molecule has 0 amide bonds. The molecular weight excluding hydrogens is 594 g/mol. The third-order valence-electron chi connectivity index (χ3n) is 7.47. The van der Waals surface area contributed by atoms with E-state index in [4.69, 9.17) is 9.72 Å². The van der Waals surface area contributed by atoms with Crippen molar-refractivity contribution in [2.75, 3.05) is 0 Å². The molecular formula is C35H32F6N2O2. The second kappa shape index (κ2) is 12.9. The molecule has 0 radical (unpaired) electrons. The van der Waals surface area contributed by atoms with E-state index in [-0.39, 0.29) is 30.4 Å². The molecule has 4 nitrogen and oxygen atoms in total. The van der Waals surface area contributed by atoms with Gasteiger partial charge in [-0.15, -0.1) is 13.2 Å². The number of aromatic nitrogens is 2. The number of alkyl halides is 6. The summed E-state index contributed by atoms with van der Waals surface area (Å²) in [5.74, 6) is 1.00. The Balaban J connectivity index is 1.46. The topological polar surface area (TPSA) is 36.3 Å². The second-order valence-electron chi connectivity index (χ2n) is 11.4. The van der Waals surface area contributed by atoms with Gasteiger partial charge in [0, 0.05) is 18.5 Å². The molecule has 1 heterocycles. The SMILES string of the molecule is CC(C)Cc1ccc(C(C)c2nc3cc(OCc4ccc(OC(F)(F)F)cc4)ccc3n2Cc2ccccc2C(F)(F)F)cc1. The van der Waals surface area contributed by atoms with Crippen LogP contribution < -0.4 is 9.47 Å². The summed E-state index contributed by atoms with van der Waals surface area (Å²) in [6.07, 6.45) is -8.35. The molecule has 1 unspecified atom stereocenters. The van der Waals surface area contributed by atoms with Gasteiger partial charge in [-0.25, -0.2) is 4.98 Å². The van der Waals surface area contributed by atoms with Crippen LogP contribution in [0.5, 0.6) is 11.5 Å². The lowest BCUT2D eigenvalue weighted by molar-refractivity contribution is -0.274. The highest BCUT2D eigenvalue weighted by Gasteiger charge is 2.33. The van der Waals surface area contributed by atoms with E-state index in [1.165, 1.54) is 42.0 Å². The van der Waals surface area contributed by atoms with Crippen molar-refractivity contribution in [3.05, 3.63) is 125 Å². The molecule has 0 N–H and O–H groups in total. The van der Waals surface area contributed by atoms with Crippen LogP contribution in [0.25, 0.3) is 11.0 Å². The predicted molar refractivity (Wildman–Crippen MR) is 160 cm³/mol. The van der Waals surface area contributed by atoms with E-state index in [1.54, 1.807) is 24.3 Å². The Kier molecular flexibility index (Phi) is 9.13. The number of hydrogen-bond acceptors (Lipinski definition) is 3. The van der Waals surface area contributed by atoms with Crippen LogP contribution in [0.4, 0.5) is 26.3 Å². The first kappa shape index (κ1) is 31.9. The van der Waals surface area contributed by atoms with E-state index in [2.05, 4.69) is 30.7 Å². The Morgan fingerprint density at radius 1 is 0.756 bits per heavy atom. The van der Waals surface area contributed by atoms with Crippen LogP contribution in [0, 0.1) is 5.92 Å². The quantitative estimate of drug-likeness (QED) is 0.145. The average Bonchev–Trinajstić information content (AvgIpc) is 3.33. The first-order chi connectivity index (χ1) is 21.3. The maximum absolute atomic E-state index is 13.9. The van der Waals surface area contributed by atoms with Gasteiger partial charge in [0.15, 0.2) is 0 Å². The number of benzene rings is 4. The number of nitrogens with zero attached hydrogens (tertiary/aromatic N) is 2. The molecule has 4 aromatic carbocycles. The fourth-order valence-corrected chi connectivity index (χ4v) is 5.34. The molecule has 236 valence electrons. The highest BCUT2D eigenvalue weighted by Crippen LogP contribution is 2.35. The Hall–Kier alpha value is -4.47. The summed E-state index contributed by atoms with van der Waals surface area (Å²) >= 11 is 0. The van der Waals surface area contributed by atoms with E-state index >= 15 is 0 Å². The third kappa shape index (κ3) is 7.98. The van der Waals surface area contributed by atoms with Gasteiger partial charge in [-0.3, -0.25) is 0 Å². The van der Waals surface area contributed by atoms with Gasteiger partial charge in [-0.1, -0.05) is 75.4 Å². The molecule has 0 aliphatic heterocycles. The number of rotatable bonds is 10. The molecule has 1 atom stereocenters. The fourth-order valence-electron chi connectivity index (χ4n) is 5.34. The Bertz CT molecular complexity index is 1740. The standard InChI is InChI=1S/C35H32F6N2O2/c1-22(2)18-24-8-12-26(13-9-24)23(3)33-42-31-19-29(44-21-25-10-14-28(15-11-25)45-35(39,40)41)16-17-32(31)43(33)20-27-6-4-5-7-30(27)34(36,37)38/h4-17,19,22-23H,18,20-21H2,1-3H3. The minimum Gasteiger partial charge on any atom is -0.489 e. The molecule has 45 heavy (non-hydrogen) atoms. The minimum absolute atomic E-state index is 0.0379. The average molecular weight is 627 g/mol. The molecule has 0 saturated carbocycles. The first-order valence-corrected chi connectivity index (χ1v) is 14.5. The van der Waals surface area contributed by atoms with Gasteiger partial charge in [0.2, 0.25) is 0 Å². The van der Waals surface area contributed by atoms with Gasteiger partial charge in [-0.05, 0) is 64.9 Å². The van der Waals surface area contributed by atoms with E-state index in [0.29, 0.717) is 34.1 Å². The molecule has 0 spiro atoms. The monoisotopic (exact) mass is 626 g/mol. The first-order valence-electron chi connectivity index (χ1n) is 14.5. The number of halogens is 6. The summed E-state index contributed by atoms with van der Waals surface area (Å²) in [7, 11) is 0. The van der Waals surface area contributed by atoms with Gasteiger partial charge in [0.25, 0.3) is 0 Å². The molecule has 0 aliphatic carbocycles. The van der Waals surface area contributed by atoms with Crippen molar-refractivity contribution in [2.24, 2.45) is 5.92 Å². The van der Waals surface area contributed by atoms with Gasteiger partial charge >= 0.3 is 12.5 Å². The normalized spacial score (nSPS) is 12.9. The van der Waals surface area contributed by atoms with Gasteiger partial charge < -0.3 is 14.0 Å². The smallest absolute Gasteiger partial charge is 0.489 e. The van der Waals surface area contributed by atoms with Crippen molar-refractivity contribution < 1.29 is 35.8 Å². The van der Waals surface area contributed by atoms with E-state index < -0.39 is 18.1 Å². The summed E-state index contributed by atoms with van der Waals surface area (Å²) < 4.78 is 90.8. The molecule has 1 aromatic heterocycles. The predicted octanol–water partition coefficient (Wildman–Crippen LogP) is 9.93. The van der Waals surface area contributed by atoms with Crippen LogP contribution in [-0.4, -0.2) is 15.9 Å². The van der Waals surface area contributed by atoms with Gasteiger partial charge in [0.1, 0.15) is 23.9 Å². The second-order valence-corrected chi connectivity index (χ2v) is 11.4. The number of ether oxygens (including phenoxy) is 2. The van der Waals surface area contributed by atoms with Crippen LogP contribution in [-0.2, 0) is 25.7 Å². The third-order valence-corrected chi connectivity index (χ3v) is 7.47. The van der Waals surface area contributed by atoms with Crippen molar-refractivity contribution in [1.82, 2.24) is 9.55 Å². The number of fused-ring (bicyclic) bond motifs is 1. The molecule has 0 fully saturated rings. The van der Waals surface area contributed by atoms with Crippen LogP contribution >= 0.6 is 0 Å². The molecule has 5 rings (SSSR count). The van der Waals surface area contributed by atoms with Crippen LogP contribution in [0.2, 0.25) is 0 Å². The summed E-state index contributed by atoms with van der Waals surface area (Å²) in [5, 5.41) is 0. The van der Waals surface area contributed by atoms with Crippen LogP contribution in [0.15, 0.2) is 91.0 Å². The van der Waals surface area contributed by atoms with Crippen LogP contribution in [0.3, 0.4) is 0 Å². The number of hydrogen-bond donors (Lipinski definition) is 0. The Morgan fingerprint density at radius 2 is 1.40 bits per heavy atom. The van der Waals surface area contributed by atoms with Gasteiger partial charge in [-0.2, -0.15) is 13.2 Å². The van der Waals surface area contributed by atoms with E-state index in [1.807, 2.05) is 23.6 Å². The lowest BCUT2D eigenvalue weighted by atomic mass is 9.96. The van der Waals surface area contributed by atoms with Crippen molar-refractivity contribution in [3.63, 3.8) is 0 Å². The summed E-state index contributed by atoms with van der Waals surface area (Å²) in [6, 6.07) is 24.3. The lowest BCUT2D eigenvalue weighted by Crippen LogP contribution is -2.17. The molecule has 0 saturated heterocycles. The van der Waals surface area contributed by atoms with Crippen molar-refractivity contribution >= 4 is 11.0 Å². The molecule has 0 bridgehead atoms. The lowest BCUT2D eigenvalue weighted by Gasteiger charge is -2.18.